The Hall–Kier alpha value is -1.35. The van der Waals surface area contributed by atoms with Gasteiger partial charge in [-0.1, -0.05) is 60.7 Å². The summed E-state index contributed by atoms with van der Waals surface area (Å²) in [5.74, 6) is 0.0392. The number of aliphatic hydroxyl groups is 1. The molecule has 0 aliphatic heterocycles. The highest BCUT2D eigenvalue weighted by molar-refractivity contribution is 5.85. The summed E-state index contributed by atoms with van der Waals surface area (Å²) in [5.41, 5.74) is 2.34. The van der Waals surface area contributed by atoms with Crippen molar-refractivity contribution in [1.82, 2.24) is 4.90 Å². The molecule has 2 aromatic rings. The van der Waals surface area contributed by atoms with E-state index in [9.17, 15) is 5.11 Å². The van der Waals surface area contributed by atoms with Gasteiger partial charge >= 0.3 is 0 Å². The molecule has 1 unspecified atom stereocenters. The van der Waals surface area contributed by atoms with Crippen molar-refractivity contribution in [2.24, 2.45) is 0 Å². The SMILES string of the molecule is CN(C)CCC(O)C(c1ccccc1)c1ccccc1.Cl. The summed E-state index contributed by atoms with van der Waals surface area (Å²) in [4.78, 5) is 2.11. The van der Waals surface area contributed by atoms with E-state index in [-0.39, 0.29) is 24.4 Å². The summed E-state index contributed by atoms with van der Waals surface area (Å²) in [7, 11) is 4.07. The zero-order chi connectivity index (χ0) is 14.4. The molecule has 0 amide bonds. The Morgan fingerprint density at radius 1 is 0.857 bits per heavy atom. The zero-order valence-corrected chi connectivity index (χ0v) is 13.5. The van der Waals surface area contributed by atoms with Crippen LogP contribution in [0, 0.1) is 0 Å². The molecule has 2 nitrogen and oxygen atoms in total. The van der Waals surface area contributed by atoms with Crippen molar-refractivity contribution in [2.45, 2.75) is 18.4 Å². The highest BCUT2D eigenvalue weighted by atomic mass is 35.5. The summed E-state index contributed by atoms with van der Waals surface area (Å²) < 4.78 is 0. The minimum Gasteiger partial charge on any atom is -0.392 e. The fourth-order valence-corrected chi connectivity index (χ4v) is 2.51. The third kappa shape index (κ3) is 5.16. The standard InChI is InChI=1S/C18H23NO.ClH/c1-19(2)14-13-17(20)18(15-9-5-3-6-10-15)16-11-7-4-8-12-16;/h3-12,17-18,20H,13-14H2,1-2H3;1H. The van der Waals surface area contributed by atoms with E-state index in [1.54, 1.807) is 0 Å². The highest BCUT2D eigenvalue weighted by Crippen LogP contribution is 2.29. The van der Waals surface area contributed by atoms with Gasteiger partial charge in [-0.2, -0.15) is 0 Å². The number of halogens is 1. The molecule has 0 fully saturated rings. The first kappa shape index (κ1) is 17.7. The van der Waals surface area contributed by atoms with Gasteiger partial charge in [-0.15, -0.1) is 12.4 Å². The van der Waals surface area contributed by atoms with E-state index in [0.29, 0.717) is 0 Å². The second-order valence-electron chi connectivity index (χ2n) is 5.46. The Morgan fingerprint density at radius 2 is 1.29 bits per heavy atom. The first-order valence-corrected chi connectivity index (χ1v) is 7.11. The van der Waals surface area contributed by atoms with Gasteiger partial charge in [-0.3, -0.25) is 0 Å². The quantitative estimate of drug-likeness (QED) is 0.882. The maximum Gasteiger partial charge on any atom is 0.0661 e. The van der Waals surface area contributed by atoms with E-state index in [1.807, 2.05) is 50.5 Å². The second kappa shape index (κ2) is 8.83. The third-order valence-corrected chi connectivity index (χ3v) is 3.57. The van der Waals surface area contributed by atoms with Crippen LogP contribution in [0.2, 0.25) is 0 Å². The lowest BCUT2D eigenvalue weighted by atomic mass is 9.85. The molecule has 3 heteroatoms. The normalized spacial score (nSPS) is 12.2. The molecule has 0 spiro atoms. The number of hydrogen-bond donors (Lipinski definition) is 1. The Kier molecular flexibility index (Phi) is 7.44. The molecule has 0 saturated carbocycles. The molecule has 0 bridgehead atoms. The third-order valence-electron chi connectivity index (χ3n) is 3.57. The maximum atomic E-state index is 10.6. The highest BCUT2D eigenvalue weighted by Gasteiger charge is 2.22. The average Bonchev–Trinajstić information content (AvgIpc) is 2.48. The molecular formula is C18H24ClNO. The van der Waals surface area contributed by atoms with E-state index in [2.05, 4.69) is 29.2 Å². The smallest absolute Gasteiger partial charge is 0.0661 e. The molecule has 2 rings (SSSR count). The lowest BCUT2D eigenvalue weighted by Crippen LogP contribution is -2.25. The molecule has 0 aliphatic rings. The Morgan fingerprint density at radius 3 is 1.67 bits per heavy atom. The molecule has 2 aromatic carbocycles. The van der Waals surface area contributed by atoms with Crippen LogP contribution in [0.1, 0.15) is 23.5 Å². The van der Waals surface area contributed by atoms with Crippen LogP contribution in [-0.4, -0.2) is 36.8 Å². The van der Waals surface area contributed by atoms with E-state index in [0.717, 1.165) is 13.0 Å². The molecule has 0 aliphatic carbocycles. The van der Waals surface area contributed by atoms with Crippen molar-refractivity contribution in [3.63, 3.8) is 0 Å². The summed E-state index contributed by atoms with van der Waals surface area (Å²) in [6, 6.07) is 20.5. The van der Waals surface area contributed by atoms with Gasteiger partial charge in [0.1, 0.15) is 0 Å². The van der Waals surface area contributed by atoms with E-state index in [4.69, 9.17) is 0 Å². The Bertz CT molecular complexity index is 462. The Labute approximate surface area is 133 Å². The van der Waals surface area contributed by atoms with Gasteiger partial charge in [0.2, 0.25) is 0 Å². The molecule has 1 atom stereocenters. The lowest BCUT2D eigenvalue weighted by Gasteiger charge is -2.25. The lowest BCUT2D eigenvalue weighted by molar-refractivity contribution is 0.135. The average molecular weight is 306 g/mol. The van der Waals surface area contributed by atoms with Gasteiger partial charge in [-0.05, 0) is 31.6 Å². The molecule has 1 N–H and O–H groups in total. The van der Waals surface area contributed by atoms with Crippen LogP contribution in [0.25, 0.3) is 0 Å². The predicted octanol–water partition coefficient (Wildman–Crippen LogP) is 3.55. The van der Waals surface area contributed by atoms with Gasteiger partial charge in [-0.25, -0.2) is 0 Å². The fraction of sp³-hybridized carbons (Fsp3) is 0.333. The number of nitrogens with zero attached hydrogens (tertiary/aromatic N) is 1. The van der Waals surface area contributed by atoms with Crippen LogP contribution >= 0.6 is 12.4 Å². The second-order valence-corrected chi connectivity index (χ2v) is 5.46. The molecule has 0 saturated heterocycles. The predicted molar refractivity (Wildman–Crippen MR) is 91.2 cm³/mol. The van der Waals surface area contributed by atoms with Crippen LogP contribution in [0.4, 0.5) is 0 Å². The number of hydrogen-bond acceptors (Lipinski definition) is 2. The number of rotatable bonds is 6. The van der Waals surface area contributed by atoms with Crippen molar-refractivity contribution in [3.8, 4) is 0 Å². The molecule has 0 heterocycles. The largest absolute Gasteiger partial charge is 0.392 e. The summed E-state index contributed by atoms with van der Waals surface area (Å²) in [6.07, 6.45) is 0.392. The zero-order valence-electron chi connectivity index (χ0n) is 12.6. The Balaban J connectivity index is 0.00000220. The summed E-state index contributed by atoms with van der Waals surface area (Å²) in [5, 5.41) is 10.6. The summed E-state index contributed by atoms with van der Waals surface area (Å²) in [6.45, 7) is 0.886. The van der Waals surface area contributed by atoms with Crippen LogP contribution in [0.3, 0.4) is 0 Å². The maximum absolute atomic E-state index is 10.6. The minimum atomic E-state index is -0.373. The van der Waals surface area contributed by atoms with E-state index in [1.165, 1.54) is 11.1 Å². The molecule has 0 aromatic heterocycles. The fourth-order valence-electron chi connectivity index (χ4n) is 2.51. The van der Waals surface area contributed by atoms with Crippen molar-refractivity contribution in [3.05, 3.63) is 71.8 Å². The topological polar surface area (TPSA) is 23.5 Å². The summed E-state index contributed by atoms with van der Waals surface area (Å²) >= 11 is 0. The monoisotopic (exact) mass is 305 g/mol. The molecule has 21 heavy (non-hydrogen) atoms. The van der Waals surface area contributed by atoms with Crippen LogP contribution < -0.4 is 0 Å². The minimum absolute atomic E-state index is 0. The van der Waals surface area contributed by atoms with Crippen molar-refractivity contribution >= 4 is 12.4 Å². The van der Waals surface area contributed by atoms with Crippen LogP contribution in [-0.2, 0) is 0 Å². The van der Waals surface area contributed by atoms with Gasteiger partial charge in [0.25, 0.3) is 0 Å². The molecule has 114 valence electrons. The van der Waals surface area contributed by atoms with Gasteiger partial charge in [0.05, 0.1) is 6.10 Å². The van der Waals surface area contributed by atoms with E-state index >= 15 is 0 Å². The first-order valence-electron chi connectivity index (χ1n) is 7.11. The van der Waals surface area contributed by atoms with Gasteiger partial charge in [0, 0.05) is 12.5 Å². The molecular weight excluding hydrogens is 282 g/mol. The molecule has 0 radical (unpaired) electrons. The van der Waals surface area contributed by atoms with Crippen molar-refractivity contribution < 1.29 is 5.11 Å². The van der Waals surface area contributed by atoms with Gasteiger partial charge in [0.15, 0.2) is 0 Å². The first-order chi connectivity index (χ1) is 9.68. The van der Waals surface area contributed by atoms with E-state index < -0.39 is 0 Å². The van der Waals surface area contributed by atoms with Crippen LogP contribution in [0.15, 0.2) is 60.7 Å². The van der Waals surface area contributed by atoms with Crippen molar-refractivity contribution in [2.75, 3.05) is 20.6 Å². The van der Waals surface area contributed by atoms with Crippen molar-refractivity contribution in [1.29, 1.82) is 0 Å². The van der Waals surface area contributed by atoms with Gasteiger partial charge < -0.3 is 10.0 Å². The number of benzene rings is 2. The van der Waals surface area contributed by atoms with Crippen LogP contribution in [0.5, 0.6) is 0 Å². The number of aliphatic hydroxyl groups excluding tert-OH is 1.